The fourth-order valence-corrected chi connectivity index (χ4v) is 3.98. The first-order valence-electron chi connectivity index (χ1n) is 9.73. The van der Waals surface area contributed by atoms with E-state index in [1.807, 2.05) is 31.2 Å². The summed E-state index contributed by atoms with van der Waals surface area (Å²) in [6.07, 6.45) is 2.23. The van der Waals surface area contributed by atoms with E-state index in [1.165, 1.54) is 11.8 Å². The first-order chi connectivity index (χ1) is 13.8. The van der Waals surface area contributed by atoms with Crippen LogP contribution < -0.4 is 10.6 Å². The van der Waals surface area contributed by atoms with Crippen molar-refractivity contribution in [2.45, 2.75) is 44.9 Å². The van der Waals surface area contributed by atoms with Crippen molar-refractivity contribution in [2.75, 3.05) is 19.9 Å². The molecule has 29 heavy (non-hydrogen) atoms. The van der Waals surface area contributed by atoms with Crippen molar-refractivity contribution in [1.29, 1.82) is 0 Å². The molecule has 0 saturated heterocycles. The molecule has 2 N–H and O–H groups in total. The standard InChI is InChI=1S/C22H31N3O3S/c1-5-12-28-16-20-9-7-6-8-19(20)15-25-22(23-3)24-14-18-10-11-21(17(2)13-18)29(4,26)27/h6-11,13H,5,12,14-16H2,1-4H3,(H2,23,24,25). The Morgan fingerprint density at radius 2 is 1.76 bits per heavy atom. The van der Waals surface area contributed by atoms with Crippen LogP contribution in [0.25, 0.3) is 0 Å². The van der Waals surface area contributed by atoms with Crippen LogP contribution in [0.2, 0.25) is 0 Å². The van der Waals surface area contributed by atoms with Gasteiger partial charge in [-0.05, 0) is 41.7 Å². The molecule has 0 aromatic heterocycles. The van der Waals surface area contributed by atoms with Crippen LogP contribution in [0, 0.1) is 6.92 Å². The van der Waals surface area contributed by atoms with Crippen molar-refractivity contribution in [2.24, 2.45) is 4.99 Å². The maximum Gasteiger partial charge on any atom is 0.191 e. The topological polar surface area (TPSA) is 79.8 Å². The largest absolute Gasteiger partial charge is 0.377 e. The Morgan fingerprint density at radius 1 is 1.07 bits per heavy atom. The van der Waals surface area contributed by atoms with Crippen LogP contribution in [0.4, 0.5) is 0 Å². The molecule has 0 heterocycles. The number of nitrogens with zero attached hydrogens (tertiary/aromatic N) is 1. The van der Waals surface area contributed by atoms with Crippen LogP contribution in [0.1, 0.15) is 35.6 Å². The van der Waals surface area contributed by atoms with E-state index in [0.717, 1.165) is 29.7 Å². The number of sulfone groups is 1. The van der Waals surface area contributed by atoms with Crippen LogP contribution >= 0.6 is 0 Å². The number of benzene rings is 2. The number of aliphatic imine (C=N–C) groups is 1. The molecule has 6 nitrogen and oxygen atoms in total. The highest BCUT2D eigenvalue weighted by molar-refractivity contribution is 7.90. The van der Waals surface area contributed by atoms with Crippen molar-refractivity contribution in [3.63, 3.8) is 0 Å². The summed E-state index contributed by atoms with van der Waals surface area (Å²) in [4.78, 5) is 4.64. The highest BCUT2D eigenvalue weighted by atomic mass is 32.2. The molecule has 0 radical (unpaired) electrons. The molecule has 2 rings (SSSR count). The van der Waals surface area contributed by atoms with Gasteiger partial charge in [-0.2, -0.15) is 0 Å². The first-order valence-corrected chi connectivity index (χ1v) is 11.6. The third-order valence-electron chi connectivity index (χ3n) is 4.49. The Labute approximate surface area is 174 Å². The minimum absolute atomic E-state index is 0.366. The molecule has 0 aliphatic rings. The van der Waals surface area contributed by atoms with Gasteiger partial charge in [-0.15, -0.1) is 0 Å². The first kappa shape index (κ1) is 22.9. The average Bonchev–Trinajstić information content (AvgIpc) is 2.68. The summed E-state index contributed by atoms with van der Waals surface area (Å²) in [6, 6.07) is 13.6. The minimum atomic E-state index is -3.20. The Hall–Kier alpha value is -2.38. The lowest BCUT2D eigenvalue weighted by Gasteiger charge is -2.15. The number of ether oxygens (including phenoxy) is 1. The van der Waals surface area contributed by atoms with E-state index in [-0.39, 0.29) is 0 Å². The average molecular weight is 418 g/mol. The third-order valence-corrected chi connectivity index (χ3v) is 5.75. The van der Waals surface area contributed by atoms with E-state index >= 15 is 0 Å². The van der Waals surface area contributed by atoms with Crippen LogP contribution in [0.5, 0.6) is 0 Å². The highest BCUT2D eigenvalue weighted by Crippen LogP contribution is 2.16. The Morgan fingerprint density at radius 3 is 2.38 bits per heavy atom. The number of nitrogens with one attached hydrogen (secondary N) is 2. The van der Waals surface area contributed by atoms with Gasteiger partial charge < -0.3 is 15.4 Å². The zero-order valence-electron chi connectivity index (χ0n) is 17.7. The van der Waals surface area contributed by atoms with E-state index in [0.29, 0.717) is 30.6 Å². The quantitative estimate of drug-likeness (QED) is 0.372. The van der Waals surface area contributed by atoms with E-state index in [9.17, 15) is 8.42 Å². The SMILES string of the molecule is CCCOCc1ccccc1CNC(=NC)NCc1ccc(S(C)(=O)=O)c(C)c1. The molecule has 0 amide bonds. The van der Waals surface area contributed by atoms with Crippen LogP contribution in [0.15, 0.2) is 52.4 Å². The van der Waals surface area contributed by atoms with Gasteiger partial charge in [0.2, 0.25) is 0 Å². The number of rotatable bonds is 9. The number of hydrogen-bond acceptors (Lipinski definition) is 4. The zero-order valence-corrected chi connectivity index (χ0v) is 18.5. The lowest BCUT2D eigenvalue weighted by atomic mass is 10.1. The number of guanidine groups is 1. The fraction of sp³-hybridized carbons (Fsp3) is 0.409. The summed E-state index contributed by atoms with van der Waals surface area (Å²) in [6.45, 7) is 6.44. The van der Waals surface area contributed by atoms with E-state index in [2.05, 4.69) is 34.7 Å². The molecule has 0 spiro atoms. The molecular weight excluding hydrogens is 386 g/mol. The monoisotopic (exact) mass is 417 g/mol. The van der Waals surface area contributed by atoms with Crippen LogP contribution in [0.3, 0.4) is 0 Å². The van der Waals surface area contributed by atoms with Gasteiger partial charge in [0.1, 0.15) is 0 Å². The van der Waals surface area contributed by atoms with Crippen molar-refractivity contribution in [3.8, 4) is 0 Å². The normalized spacial score (nSPS) is 12.1. The Balaban J connectivity index is 1.95. The minimum Gasteiger partial charge on any atom is -0.377 e. The molecule has 0 aliphatic carbocycles. The summed E-state index contributed by atoms with van der Waals surface area (Å²) in [5.41, 5.74) is 4.07. The van der Waals surface area contributed by atoms with Crippen molar-refractivity contribution >= 4 is 15.8 Å². The maximum atomic E-state index is 11.8. The second-order valence-electron chi connectivity index (χ2n) is 6.97. The van der Waals surface area contributed by atoms with Gasteiger partial charge in [0.05, 0.1) is 11.5 Å². The van der Waals surface area contributed by atoms with Gasteiger partial charge in [-0.25, -0.2) is 8.42 Å². The lowest BCUT2D eigenvalue weighted by molar-refractivity contribution is 0.121. The second kappa shape index (κ2) is 11.0. The highest BCUT2D eigenvalue weighted by Gasteiger charge is 2.11. The molecule has 0 aliphatic heterocycles. The zero-order chi connectivity index (χ0) is 21.3. The van der Waals surface area contributed by atoms with Gasteiger partial charge in [-0.3, -0.25) is 4.99 Å². The summed E-state index contributed by atoms with van der Waals surface area (Å²) >= 11 is 0. The van der Waals surface area contributed by atoms with Gasteiger partial charge >= 0.3 is 0 Å². The van der Waals surface area contributed by atoms with Crippen molar-refractivity contribution < 1.29 is 13.2 Å². The molecule has 2 aromatic carbocycles. The second-order valence-corrected chi connectivity index (χ2v) is 8.96. The molecule has 0 bridgehead atoms. The van der Waals surface area contributed by atoms with Gasteiger partial charge in [0.15, 0.2) is 15.8 Å². The number of hydrogen-bond donors (Lipinski definition) is 2. The molecule has 0 atom stereocenters. The lowest BCUT2D eigenvalue weighted by Crippen LogP contribution is -2.36. The van der Waals surface area contributed by atoms with Crippen molar-refractivity contribution in [1.82, 2.24) is 10.6 Å². The van der Waals surface area contributed by atoms with E-state index in [1.54, 1.807) is 13.1 Å². The third kappa shape index (κ3) is 7.18. The summed E-state index contributed by atoms with van der Waals surface area (Å²) in [5.74, 6) is 0.680. The van der Waals surface area contributed by atoms with Gasteiger partial charge in [0.25, 0.3) is 0 Å². The van der Waals surface area contributed by atoms with Gasteiger partial charge in [0, 0.05) is 33.0 Å². The van der Waals surface area contributed by atoms with Crippen LogP contribution in [-0.2, 0) is 34.3 Å². The molecule has 2 aromatic rings. The molecular formula is C22H31N3O3S. The van der Waals surface area contributed by atoms with E-state index in [4.69, 9.17) is 4.74 Å². The molecule has 0 unspecified atom stereocenters. The fourth-order valence-electron chi connectivity index (χ4n) is 3.02. The van der Waals surface area contributed by atoms with Gasteiger partial charge in [-0.1, -0.05) is 43.3 Å². The van der Waals surface area contributed by atoms with Crippen molar-refractivity contribution in [3.05, 3.63) is 64.7 Å². The molecule has 0 saturated carbocycles. The molecule has 158 valence electrons. The maximum absolute atomic E-state index is 11.8. The Kier molecular flexibility index (Phi) is 8.67. The Bertz CT molecular complexity index is 940. The summed E-state index contributed by atoms with van der Waals surface area (Å²) in [5, 5.41) is 6.60. The molecule has 7 heteroatoms. The summed E-state index contributed by atoms with van der Waals surface area (Å²) in [7, 11) is -1.48. The predicted molar refractivity (Wildman–Crippen MR) is 118 cm³/mol. The number of aryl methyl sites for hydroxylation is 1. The van der Waals surface area contributed by atoms with E-state index < -0.39 is 9.84 Å². The smallest absolute Gasteiger partial charge is 0.191 e. The molecule has 0 fully saturated rings. The summed E-state index contributed by atoms with van der Waals surface area (Å²) < 4.78 is 29.2. The predicted octanol–water partition coefficient (Wildman–Crippen LogP) is 3.19. The van der Waals surface area contributed by atoms with Crippen LogP contribution in [-0.4, -0.2) is 34.3 Å².